The van der Waals surface area contributed by atoms with Crippen LogP contribution in [0.3, 0.4) is 0 Å². The van der Waals surface area contributed by atoms with Crippen LogP contribution >= 0.6 is 0 Å². The van der Waals surface area contributed by atoms with E-state index in [1.54, 1.807) is 32.7 Å². The van der Waals surface area contributed by atoms with Gasteiger partial charge in [0, 0.05) is 17.4 Å². The molecule has 1 atom stereocenters. The van der Waals surface area contributed by atoms with Crippen LogP contribution in [0.15, 0.2) is 53.4 Å². The van der Waals surface area contributed by atoms with E-state index in [2.05, 4.69) is 15.4 Å². The molecule has 0 fully saturated rings. The van der Waals surface area contributed by atoms with Gasteiger partial charge < -0.3 is 10.6 Å². The second-order valence-corrected chi connectivity index (χ2v) is 9.15. The number of rotatable bonds is 9. The van der Waals surface area contributed by atoms with E-state index < -0.39 is 21.9 Å². The quantitative estimate of drug-likeness (QED) is 0.544. The van der Waals surface area contributed by atoms with Gasteiger partial charge in [0.05, 0.1) is 17.5 Å². The second-order valence-electron chi connectivity index (χ2n) is 7.44. The standard InChI is InChI=1S/C21H27FN4O4S/c1-14(2)25-31(29,30)19-11-9-18(10-12-19)24-21(28)15(3)26(4)13-20(27)23-17-7-5-16(22)6-8-17/h5-12,14-15,25H,13H2,1-4H3,(H,23,27)(H,24,28)/t15-/m1/s1. The third-order valence-corrected chi connectivity index (χ3v) is 6.06. The normalized spacial score (nSPS) is 12.6. The van der Waals surface area contributed by atoms with Crippen molar-refractivity contribution in [1.29, 1.82) is 0 Å². The predicted molar refractivity (Wildman–Crippen MR) is 118 cm³/mol. The molecule has 0 radical (unpaired) electrons. The van der Waals surface area contributed by atoms with E-state index in [0.29, 0.717) is 11.4 Å². The Morgan fingerprint density at radius 3 is 2.00 bits per heavy atom. The first-order valence-electron chi connectivity index (χ1n) is 9.67. The molecule has 2 aromatic carbocycles. The topological polar surface area (TPSA) is 108 Å². The maximum atomic E-state index is 12.9. The highest BCUT2D eigenvalue weighted by atomic mass is 32.2. The van der Waals surface area contributed by atoms with Crippen LogP contribution in [0.4, 0.5) is 15.8 Å². The molecule has 2 rings (SSSR count). The predicted octanol–water partition coefficient (Wildman–Crippen LogP) is 2.41. The van der Waals surface area contributed by atoms with E-state index in [4.69, 9.17) is 0 Å². The van der Waals surface area contributed by atoms with Gasteiger partial charge in [-0.05, 0) is 76.3 Å². The summed E-state index contributed by atoms with van der Waals surface area (Å²) in [6.45, 7) is 5.05. The van der Waals surface area contributed by atoms with Crippen LogP contribution in [0.2, 0.25) is 0 Å². The number of benzene rings is 2. The summed E-state index contributed by atoms with van der Waals surface area (Å²) >= 11 is 0. The van der Waals surface area contributed by atoms with E-state index in [1.807, 2.05) is 0 Å². The Labute approximate surface area is 181 Å². The summed E-state index contributed by atoms with van der Waals surface area (Å²) in [6, 6.07) is 10.3. The van der Waals surface area contributed by atoms with Crippen LogP contribution in [-0.4, -0.2) is 50.8 Å². The van der Waals surface area contributed by atoms with Gasteiger partial charge in [0.1, 0.15) is 5.82 Å². The first-order valence-corrected chi connectivity index (χ1v) is 11.1. The minimum atomic E-state index is -3.61. The molecule has 0 aliphatic heterocycles. The maximum absolute atomic E-state index is 12.9. The molecule has 0 spiro atoms. The average Bonchev–Trinajstić information content (AvgIpc) is 2.68. The first-order chi connectivity index (χ1) is 14.5. The molecule has 168 valence electrons. The molecule has 3 N–H and O–H groups in total. The highest BCUT2D eigenvalue weighted by molar-refractivity contribution is 7.89. The number of hydrogen-bond donors (Lipinski definition) is 3. The van der Waals surface area contributed by atoms with E-state index in [1.165, 1.54) is 48.5 Å². The molecule has 0 aliphatic rings. The molecule has 0 unspecified atom stereocenters. The minimum absolute atomic E-state index is 0.0516. The fourth-order valence-corrected chi connectivity index (χ4v) is 3.89. The molecular weight excluding hydrogens is 423 g/mol. The summed E-state index contributed by atoms with van der Waals surface area (Å²) in [5, 5.41) is 5.34. The first kappa shape index (κ1) is 24.4. The van der Waals surface area contributed by atoms with Crippen LogP contribution in [0.1, 0.15) is 20.8 Å². The summed E-state index contributed by atoms with van der Waals surface area (Å²) in [5.41, 5.74) is 0.892. The van der Waals surface area contributed by atoms with Crippen molar-refractivity contribution in [1.82, 2.24) is 9.62 Å². The molecular formula is C21H27FN4O4S. The molecule has 2 amide bonds. The number of hydrogen-bond acceptors (Lipinski definition) is 5. The van der Waals surface area contributed by atoms with Crippen molar-refractivity contribution in [3.63, 3.8) is 0 Å². The van der Waals surface area contributed by atoms with E-state index in [-0.39, 0.29) is 29.3 Å². The summed E-state index contributed by atoms with van der Waals surface area (Å²) in [5.74, 6) is -1.10. The van der Waals surface area contributed by atoms with Gasteiger partial charge in [0.2, 0.25) is 21.8 Å². The Morgan fingerprint density at radius 1 is 0.935 bits per heavy atom. The number of anilines is 2. The fraction of sp³-hybridized carbons (Fsp3) is 0.333. The van der Waals surface area contributed by atoms with Gasteiger partial charge in [-0.1, -0.05) is 0 Å². The molecule has 0 saturated heterocycles. The molecule has 0 aromatic heterocycles. The minimum Gasteiger partial charge on any atom is -0.325 e. The Bertz CT molecular complexity index is 1010. The summed E-state index contributed by atoms with van der Waals surface area (Å²) in [6.07, 6.45) is 0. The van der Waals surface area contributed by atoms with E-state index >= 15 is 0 Å². The number of sulfonamides is 1. The lowest BCUT2D eigenvalue weighted by molar-refractivity contribution is -0.122. The molecule has 31 heavy (non-hydrogen) atoms. The zero-order chi connectivity index (χ0) is 23.2. The lowest BCUT2D eigenvalue weighted by Gasteiger charge is -2.23. The molecule has 0 heterocycles. The van der Waals surface area contributed by atoms with Crippen LogP contribution < -0.4 is 15.4 Å². The van der Waals surface area contributed by atoms with Crippen molar-refractivity contribution in [2.45, 2.75) is 37.8 Å². The third-order valence-electron chi connectivity index (χ3n) is 4.38. The van der Waals surface area contributed by atoms with Crippen molar-refractivity contribution in [3.05, 3.63) is 54.3 Å². The number of nitrogens with one attached hydrogen (secondary N) is 3. The number of likely N-dealkylation sites (N-methyl/N-ethyl adjacent to an activating group) is 1. The Morgan fingerprint density at radius 2 is 1.45 bits per heavy atom. The van der Waals surface area contributed by atoms with E-state index in [9.17, 15) is 22.4 Å². The lowest BCUT2D eigenvalue weighted by atomic mass is 10.2. The molecule has 0 aliphatic carbocycles. The SMILES string of the molecule is CC(C)NS(=O)(=O)c1ccc(NC(=O)[C@@H](C)N(C)CC(=O)Nc2ccc(F)cc2)cc1. The molecule has 8 nitrogen and oxygen atoms in total. The van der Waals surface area contributed by atoms with Gasteiger partial charge in [-0.15, -0.1) is 0 Å². The smallest absolute Gasteiger partial charge is 0.241 e. The van der Waals surface area contributed by atoms with Gasteiger partial charge in [-0.3, -0.25) is 14.5 Å². The van der Waals surface area contributed by atoms with Crippen molar-refractivity contribution >= 4 is 33.2 Å². The zero-order valence-corrected chi connectivity index (χ0v) is 18.7. The van der Waals surface area contributed by atoms with Crippen LogP contribution in [0, 0.1) is 5.82 Å². The Kier molecular flexibility index (Phi) is 8.26. The van der Waals surface area contributed by atoms with Crippen molar-refractivity contribution in [3.8, 4) is 0 Å². The summed E-state index contributed by atoms with van der Waals surface area (Å²) in [4.78, 5) is 26.3. The van der Waals surface area contributed by atoms with Gasteiger partial charge >= 0.3 is 0 Å². The number of amides is 2. The van der Waals surface area contributed by atoms with Gasteiger partial charge in [0.15, 0.2) is 0 Å². The number of halogens is 1. The molecule has 2 aromatic rings. The van der Waals surface area contributed by atoms with Gasteiger partial charge in [-0.2, -0.15) is 0 Å². The van der Waals surface area contributed by atoms with Gasteiger partial charge in [-0.25, -0.2) is 17.5 Å². The largest absolute Gasteiger partial charge is 0.325 e. The molecule has 10 heteroatoms. The monoisotopic (exact) mass is 450 g/mol. The Hall–Kier alpha value is -2.82. The number of carbonyl (C=O) groups is 2. The van der Waals surface area contributed by atoms with Crippen molar-refractivity contribution in [2.24, 2.45) is 0 Å². The zero-order valence-electron chi connectivity index (χ0n) is 17.8. The Balaban J connectivity index is 1.92. The average molecular weight is 451 g/mol. The molecule has 0 saturated carbocycles. The van der Waals surface area contributed by atoms with E-state index in [0.717, 1.165) is 0 Å². The summed E-state index contributed by atoms with van der Waals surface area (Å²) in [7, 11) is -1.99. The van der Waals surface area contributed by atoms with Crippen LogP contribution in [0.25, 0.3) is 0 Å². The van der Waals surface area contributed by atoms with Crippen molar-refractivity contribution in [2.75, 3.05) is 24.2 Å². The second kappa shape index (κ2) is 10.5. The third kappa shape index (κ3) is 7.42. The van der Waals surface area contributed by atoms with Gasteiger partial charge in [0.25, 0.3) is 0 Å². The lowest BCUT2D eigenvalue weighted by Crippen LogP contribution is -2.43. The van der Waals surface area contributed by atoms with Crippen molar-refractivity contribution < 1.29 is 22.4 Å². The highest BCUT2D eigenvalue weighted by Gasteiger charge is 2.21. The summed E-state index contributed by atoms with van der Waals surface area (Å²) < 4.78 is 39.8. The van der Waals surface area contributed by atoms with Crippen LogP contribution in [0.5, 0.6) is 0 Å². The highest BCUT2D eigenvalue weighted by Crippen LogP contribution is 2.15. The molecule has 0 bridgehead atoms. The maximum Gasteiger partial charge on any atom is 0.241 e. The van der Waals surface area contributed by atoms with Crippen LogP contribution in [-0.2, 0) is 19.6 Å². The number of nitrogens with zero attached hydrogens (tertiary/aromatic N) is 1. The number of carbonyl (C=O) groups excluding carboxylic acids is 2. The fourth-order valence-electron chi connectivity index (χ4n) is 2.64.